The molecule has 0 bridgehead atoms. The molecule has 113 heavy (non-hydrogen) atoms. The van der Waals surface area contributed by atoms with Crippen molar-refractivity contribution >= 4 is 0 Å². The number of hydrogen-bond acceptors (Lipinski definition) is 0. The minimum absolute atomic E-state index is 0.125. The lowest BCUT2D eigenvalue weighted by Gasteiger charge is -2.18. The van der Waals surface area contributed by atoms with Crippen LogP contribution < -0.4 is 18.3 Å². The summed E-state index contributed by atoms with van der Waals surface area (Å²) in [5.41, 5.74) is 21.8. The molecule has 0 aliphatic carbocycles. The van der Waals surface area contributed by atoms with Gasteiger partial charge >= 0.3 is 0 Å². The van der Waals surface area contributed by atoms with Crippen LogP contribution in [0.3, 0.4) is 0 Å². The maximum atomic E-state index is 8.44. The molecule has 0 atom stereocenters. The van der Waals surface area contributed by atoms with Crippen molar-refractivity contribution < 1.29 is 62.1 Å². The molecule has 0 amide bonds. The molecule has 0 unspecified atom stereocenters. The van der Waals surface area contributed by atoms with Crippen molar-refractivity contribution in [2.75, 3.05) is 0 Å². The molecule has 4 heteroatoms. The van der Waals surface area contributed by atoms with Gasteiger partial charge in [-0.1, -0.05) is 190 Å². The van der Waals surface area contributed by atoms with Gasteiger partial charge in [0.2, 0.25) is 22.8 Å². The summed E-state index contributed by atoms with van der Waals surface area (Å²) in [5, 5.41) is 0. The maximum Gasteiger partial charge on any atom is 0.212 e. The number of benzene rings is 8. The highest BCUT2D eigenvalue weighted by molar-refractivity contribution is 5.80. The molecule has 8 aromatic carbocycles. The van der Waals surface area contributed by atoms with Crippen molar-refractivity contribution in [3.05, 3.63) is 306 Å². The normalized spacial score (nSPS) is 17.0. The molecule has 4 nitrogen and oxygen atoms in total. The van der Waals surface area contributed by atoms with Gasteiger partial charge in [0, 0.05) is 113 Å². The Balaban J connectivity index is 0.000000215. The van der Waals surface area contributed by atoms with Crippen LogP contribution in [-0.2, 0) is 53.9 Å². The SMILES string of the molecule is [2H]C([2H])(CC)Cc1ccc(-c2cc(-c3cc(C)c(C([2H])([2H])[2H])c[n+]3C)c(C)cc2C([2H])([2H])[2H])cc1.[2H]C([2H])([2H])c1c[n+](C)c(-c2cc(-c3ccc(CC([2H])([2H])C(C)(C)C)cc3)c(C([2H])([2H])[2H])cc2C)cc1C.[2H]C([2H])([2H])c1c[n+](C)c(-c2cc(-c3ccc(CC([2H])([2H])C(C)(C)C)cc3)c(C([2H])([2H])[2H])cc2C)cc1C.[2H]C([2H])([2H])c1c[n+](C)c(-c2cc(-c3ccc(CC([2H])([2H])C(C)C)cc3)c(C([2H])([2H])[2H])cc2C)cc1C. The van der Waals surface area contributed by atoms with E-state index < -0.39 is 91.1 Å². The number of aromatic nitrogens is 4. The predicted octanol–water partition coefficient (Wildman–Crippen LogP) is 27.2. The number of aryl methyl sites for hydroxylation is 24. The number of hydrogen-bond donors (Lipinski definition) is 0. The molecule has 0 aliphatic heterocycles. The van der Waals surface area contributed by atoms with Crippen LogP contribution in [0.25, 0.3) is 89.5 Å². The van der Waals surface area contributed by atoms with E-state index >= 15 is 0 Å². The second-order valence-electron chi connectivity index (χ2n) is 32.6. The van der Waals surface area contributed by atoms with Gasteiger partial charge in [0.25, 0.3) is 0 Å². The van der Waals surface area contributed by atoms with Crippen molar-refractivity contribution in [3.63, 3.8) is 0 Å². The molecule has 0 saturated heterocycles. The molecule has 0 N–H and O–H groups in total. The minimum Gasteiger partial charge on any atom is -0.201 e. The summed E-state index contributed by atoms with van der Waals surface area (Å²) in [6.45, 7) is 13.1. The zero-order chi connectivity index (χ0) is 110. The summed E-state index contributed by atoms with van der Waals surface area (Å²) in [6, 6.07) is 51.2. The molecule has 0 radical (unpaired) electrons. The summed E-state index contributed by atoms with van der Waals surface area (Å²) in [7, 11) is 7.16. The van der Waals surface area contributed by atoms with Gasteiger partial charge in [-0.25, -0.2) is 18.3 Å². The third-order valence-electron chi connectivity index (χ3n) is 20.5. The molecular weight excluding hydrogens is 1370 g/mol. The van der Waals surface area contributed by atoms with E-state index in [-0.39, 0.29) is 69.7 Å². The Bertz CT molecular complexity index is 6460. The Morgan fingerprint density at radius 2 is 0.513 bits per heavy atom. The summed E-state index contributed by atoms with van der Waals surface area (Å²) in [4.78, 5) is 0. The quantitative estimate of drug-likeness (QED) is 0.0761. The van der Waals surface area contributed by atoms with Crippen LogP contribution in [0, 0.1) is 127 Å². The van der Waals surface area contributed by atoms with E-state index in [0.29, 0.717) is 57.3 Å². The number of nitrogens with zero attached hydrogens (tertiary/aromatic N) is 4. The monoisotopic (exact) mass is 1540 g/mol. The van der Waals surface area contributed by atoms with Crippen LogP contribution in [0.1, 0.15) is 249 Å². The first-order valence-corrected chi connectivity index (χ1v) is 38.9. The molecule has 12 aromatic rings. The average molecular weight is 1540 g/mol. The lowest BCUT2D eigenvalue weighted by atomic mass is 9.88. The minimum atomic E-state index is -2.33. The molecule has 590 valence electrons. The first-order chi connectivity index (χ1) is 65.9. The zero-order valence-electron chi connectivity index (χ0n) is 102. The molecule has 4 heterocycles. The third kappa shape index (κ3) is 23.1. The fourth-order valence-electron chi connectivity index (χ4n) is 13.5. The highest BCUT2D eigenvalue weighted by Crippen LogP contribution is 2.38. The number of rotatable bonds is 18. The highest BCUT2D eigenvalue weighted by Gasteiger charge is 2.23. The molecule has 0 fully saturated rings. The van der Waals surface area contributed by atoms with E-state index in [1.54, 1.807) is 123 Å². The first-order valence-electron chi connectivity index (χ1n) is 54.9. The van der Waals surface area contributed by atoms with Gasteiger partial charge in [0.1, 0.15) is 28.2 Å². The summed E-state index contributed by atoms with van der Waals surface area (Å²) < 4.78 is 265. The Labute approximate surface area is 730 Å². The van der Waals surface area contributed by atoms with Crippen molar-refractivity contribution in [1.82, 2.24) is 0 Å². The molecule has 0 aliphatic rings. The second kappa shape index (κ2) is 38.0. The fraction of sp³-hybridized carbons (Fsp3) is 0.376. The van der Waals surface area contributed by atoms with Gasteiger partial charge in [-0.3, -0.25) is 0 Å². The van der Waals surface area contributed by atoms with Gasteiger partial charge in [0.05, 0.1) is 0 Å². The van der Waals surface area contributed by atoms with Crippen LogP contribution >= 0.6 is 0 Å². The predicted molar refractivity (Wildman–Crippen MR) is 487 cm³/mol. The highest BCUT2D eigenvalue weighted by atomic mass is 14.9. The lowest BCUT2D eigenvalue weighted by Crippen LogP contribution is -2.31. The Hall–Kier alpha value is -9.64. The topological polar surface area (TPSA) is 15.5 Å². The summed E-state index contributed by atoms with van der Waals surface area (Å²) in [6.07, 6.45) is 2.53. The molecule has 0 spiro atoms. The second-order valence-corrected chi connectivity index (χ2v) is 32.6. The van der Waals surface area contributed by atoms with E-state index in [1.165, 1.54) is 0 Å². The molecular formula is C109H138N4+4. The molecule has 4 aromatic heterocycles. The summed E-state index contributed by atoms with van der Waals surface area (Å²) >= 11 is 0. The van der Waals surface area contributed by atoms with Crippen LogP contribution in [0.4, 0.5) is 0 Å². The Kier molecular flexibility index (Phi) is 17.7. The third-order valence-corrected chi connectivity index (χ3v) is 20.5. The van der Waals surface area contributed by atoms with Gasteiger partial charge in [-0.15, -0.1) is 0 Å². The number of pyridine rings is 4. The van der Waals surface area contributed by atoms with E-state index in [9.17, 15) is 0 Å². The first kappa shape index (κ1) is 52.7. The molecule has 12 rings (SSSR count). The van der Waals surface area contributed by atoms with E-state index in [4.69, 9.17) is 43.9 Å². The van der Waals surface area contributed by atoms with Crippen molar-refractivity contribution in [1.29, 1.82) is 0 Å². The summed E-state index contributed by atoms with van der Waals surface area (Å²) in [5.74, 6) is -0.125. The van der Waals surface area contributed by atoms with E-state index in [2.05, 4.69) is 0 Å². The van der Waals surface area contributed by atoms with Gasteiger partial charge < -0.3 is 0 Å². The average Bonchev–Trinajstić information content (AvgIpc) is 0.768. The Morgan fingerprint density at radius 3 is 0.726 bits per heavy atom. The standard InChI is InChI=1S/2C28H36N.C27H34N.C26H32N/c2*1-19-16-27(29(8)18-22(19)4)26-17-25(20(2)15-21(26)3)24-11-9-23(10-12-24)13-14-28(5,6)7;1-18(2)8-9-23-10-12-24(13-11-23)25-16-26(21(5)14-20(25)4)27-15-19(3)22(6)17-28(27)7;1-7-8-9-22-10-12-23(13-11-22)24-16-25(20(4)14-19(24)3)26-15-18(2)21(5)17-27(26)6/h2*9-12,15-18H,13-14H2,1-8H3;10-18H,8-9H2,1-7H3;10-17H,7-9H2,1-6H3/q4*+1/i2*2D3,4D3,14D2;4D3,6D3,8D2;3D3,5D3,8D2. The van der Waals surface area contributed by atoms with E-state index in [0.717, 1.165) is 112 Å². The molecule has 0 saturated carbocycles. The maximum absolute atomic E-state index is 8.44. The van der Waals surface area contributed by atoms with Gasteiger partial charge in [0.15, 0.2) is 24.8 Å². The van der Waals surface area contributed by atoms with E-state index in [1.807, 2.05) is 236 Å². The lowest BCUT2D eigenvalue weighted by molar-refractivity contribution is -0.660. The van der Waals surface area contributed by atoms with Crippen LogP contribution in [0.15, 0.2) is 195 Å². The van der Waals surface area contributed by atoms with Gasteiger partial charge in [-0.05, 0) is 336 Å². The van der Waals surface area contributed by atoms with Crippen LogP contribution in [-0.4, -0.2) is 0 Å². The smallest absolute Gasteiger partial charge is 0.201 e. The van der Waals surface area contributed by atoms with Crippen LogP contribution in [0.2, 0.25) is 0 Å². The largest absolute Gasteiger partial charge is 0.212 e. The Morgan fingerprint density at radius 1 is 0.283 bits per heavy atom. The zero-order valence-corrected chi connectivity index (χ0v) is 70.4. The van der Waals surface area contributed by atoms with Crippen molar-refractivity contribution in [2.24, 2.45) is 44.9 Å². The van der Waals surface area contributed by atoms with Crippen molar-refractivity contribution in [3.8, 4) is 89.5 Å². The van der Waals surface area contributed by atoms with Crippen LogP contribution in [0.5, 0.6) is 0 Å². The van der Waals surface area contributed by atoms with Crippen molar-refractivity contribution in [2.45, 2.75) is 230 Å². The van der Waals surface area contributed by atoms with Gasteiger partial charge in [-0.2, -0.15) is 0 Å². The fourth-order valence-corrected chi connectivity index (χ4v) is 13.5.